The van der Waals surface area contributed by atoms with Gasteiger partial charge in [-0.05, 0) is 51.8 Å². The van der Waals surface area contributed by atoms with Crippen LogP contribution in [-0.2, 0) is 14.3 Å². The Labute approximate surface area is 168 Å². The number of methoxy groups -OCH3 is 1. The summed E-state index contributed by atoms with van der Waals surface area (Å²) in [5, 5.41) is 2.87. The average molecular weight is 394 g/mol. The van der Waals surface area contributed by atoms with Crippen molar-refractivity contribution in [2.45, 2.75) is 78.4 Å². The molecule has 1 aromatic carbocycles. The van der Waals surface area contributed by atoms with Gasteiger partial charge in [-0.3, -0.25) is 4.79 Å². The van der Waals surface area contributed by atoms with Crippen LogP contribution in [0.3, 0.4) is 0 Å². The van der Waals surface area contributed by atoms with E-state index in [1.165, 1.54) is 0 Å². The molecule has 0 aliphatic carbocycles. The van der Waals surface area contributed by atoms with Crippen LogP contribution in [0.1, 0.15) is 77.1 Å². The number of anilines is 1. The highest BCUT2D eigenvalue weighted by Crippen LogP contribution is 2.27. The monoisotopic (exact) mass is 393 g/mol. The Hall–Kier alpha value is -2.08. The van der Waals surface area contributed by atoms with Crippen molar-refractivity contribution in [1.82, 2.24) is 0 Å². The molecule has 1 N–H and O–H groups in total. The van der Waals surface area contributed by atoms with Crippen molar-refractivity contribution in [2.75, 3.05) is 19.0 Å². The zero-order valence-electron chi connectivity index (χ0n) is 18.1. The van der Waals surface area contributed by atoms with Gasteiger partial charge in [0.15, 0.2) is 0 Å². The standard InChI is InChI=1S/C22H35NO5/c1-7-10-11-14-22(5,26-6)21(25)23-17-12-13-19(28-16(4)8-2)18(15-17)20(24)27-9-3/h12-13,15-16H,7-11,14H2,1-6H3,(H,23,25)/t16-,22+/m0/s1. The van der Waals surface area contributed by atoms with Gasteiger partial charge in [0, 0.05) is 12.8 Å². The maximum atomic E-state index is 12.8. The number of rotatable bonds is 12. The molecule has 0 unspecified atom stereocenters. The molecule has 1 aromatic rings. The number of esters is 1. The molecule has 2 atom stereocenters. The lowest BCUT2D eigenvalue weighted by molar-refractivity contribution is -0.136. The minimum Gasteiger partial charge on any atom is -0.490 e. The summed E-state index contributed by atoms with van der Waals surface area (Å²) < 4.78 is 16.5. The normalized spacial score (nSPS) is 14.1. The van der Waals surface area contributed by atoms with Crippen LogP contribution >= 0.6 is 0 Å². The summed E-state index contributed by atoms with van der Waals surface area (Å²) >= 11 is 0. The van der Waals surface area contributed by atoms with E-state index in [0.717, 1.165) is 25.7 Å². The van der Waals surface area contributed by atoms with Gasteiger partial charge in [-0.25, -0.2) is 4.79 Å². The third kappa shape index (κ3) is 6.82. The number of hydrogen-bond donors (Lipinski definition) is 1. The molecular formula is C22H35NO5. The molecular weight excluding hydrogens is 358 g/mol. The lowest BCUT2D eigenvalue weighted by Crippen LogP contribution is -2.42. The van der Waals surface area contributed by atoms with Crippen LogP contribution in [-0.4, -0.2) is 37.3 Å². The van der Waals surface area contributed by atoms with E-state index in [1.807, 2.05) is 13.8 Å². The highest BCUT2D eigenvalue weighted by molar-refractivity contribution is 5.99. The molecule has 6 heteroatoms. The Morgan fingerprint density at radius 2 is 1.89 bits per heavy atom. The molecule has 0 aliphatic heterocycles. The fourth-order valence-corrected chi connectivity index (χ4v) is 2.66. The Morgan fingerprint density at radius 1 is 1.18 bits per heavy atom. The number of amides is 1. The van der Waals surface area contributed by atoms with Gasteiger partial charge in [-0.1, -0.05) is 33.1 Å². The molecule has 0 saturated heterocycles. The van der Waals surface area contributed by atoms with Crippen molar-refractivity contribution in [3.8, 4) is 5.75 Å². The predicted octanol–water partition coefficient (Wildman–Crippen LogP) is 4.96. The maximum Gasteiger partial charge on any atom is 0.341 e. The Balaban J connectivity index is 3.05. The highest BCUT2D eigenvalue weighted by atomic mass is 16.5. The van der Waals surface area contributed by atoms with Crippen LogP contribution in [0.5, 0.6) is 5.75 Å². The topological polar surface area (TPSA) is 73.9 Å². The zero-order chi connectivity index (χ0) is 21.2. The van der Waals surface area contributed by atoms with Crippen LogP contribution in [0.25, 0.3) is 0 Å². The van der Waals surface area contributed by atoms with Gasteiger partial charge in [0.2, 0.25) is 0 Å². The fourth-order valence-electron chi connectivity index (χ4n) is 2.66. The van der Waals surface area contributed by atoms with E-state index in [-0.39, 0.29) is 18.6 Å². The van der Waals surface area contributed by atoms with Crippen LogP contribution in [0.15, 0.2) is 18.2 Å². The van der Waals surface area contributed by atoms with Gasteiger partial charge in [0.25, 0.3) is 5.91 Å². The lowest BCUT2D eigenvalue weighted by atomic mass is 9.96. The average Bonchev–Trinajstić information content (AvgIpc) is 2.69. The highest BCUT2D eigenvalue weighted by Gasteiger charge is 2.32. The second-order valence-corrected chi connectivity index (χ2v) is 7.11. The summed E-state index contributed by atoms with van der Waals surface area (Å²) in [6.07, 6.45) is 4.42. The molecule has 0 aliphatic rings. The molecule has 0 heterocycles. The van der Waals surface area contributed by atoms with E-state index < -0.39 is 11.6 Å². The number of carbonyl (C=O) groups is 2. The summed E-state index contributed by atoms with van der Waals surface area (Å²) in [7, 11) is 1.54. The van der Waals surface area contributed by atoms with Gasteiger partial charge < -0.3 is 19.5 Å². The quantitative estimate of drug-likeness (QED) is 0.401. The first kappa shape index (κ1) is 24.0. The smallest absolute Gasteiger partial charge is 0.341 e. The van der Waals surface area contributed by atoms with Crippen molar-refractivity contribution in [3.05, 3.63) is 23.8 Å². The molecule has 0 fully saturated rings. The number of benzene rings is 1. The van der Waals surface area contributed by atoms with E-state index >= 15 is 0 Å². The minimum absolute atomic E-state index is 0.0380. The summed E-state index contributed by atoms with van der Waals surface area (Å²) in [6, 6.07) is 5.01. The SMILES string of the molecule is CCCCC[C@@](C)(OC)C(=O)Nc1ccc(O[C@@H](C)CC)c(C(=O)OCC)c1. The van der Waals surface area contributed by atoms with Gasteiger partial charge in [0.05, 0.1) is 12.7 Å². The first-order valence-corrected chi connectivity index (χ1v) is 10.2. The zero-order valence-corrected chi connectivity index (χ0v) is 18.1. The van der Waals surface area contributed by atoms with Gasteiger partial charge in [0.1, 0.15) is 16.9 Å². The number of ether oxygens (including phenoxy) is 3. The Bertz CT molecular complexity index is 646. The largest absolute Gasteiger partial charge is 0.490 e. The van der Waals surface area contributed by atoms with E-state index in [9.17, 15) is 9.59 Å². The summed E-state index contributed by atoms with van der Waals surface area (Å²) in [5.74, 6) is -0.269. The van der Waals surface area contributed by atoms with Crippen LogP contribution in [0.4, 0.5) is 5.69 Å². The maximum absolute atomic E-state index is 12.8. The van der Waals surface area contributed by atoms with Crippen molar-refractivity contribution in [1.29, 1.82) is 0 Å². The summed E-state index contributed by atoms with van der Waals surface area (Å²) in [5.41, 5.74) is -0.126. The molecule has 6 nitrogen and oxygen atoms in total. The third-order valence-electron chi connectivity index (χ3n) is 4.82. The second-order valence-electron chi connectivity index (χ2n) is 7.11. The van der Waals surface area contributed by atoms with Crippen molar-refractivity contribution in [3.63, 3.8) is 0 Å². The van der Waals surface area contributed by atoms with Gasteiger partial charge in [-0.2, -0.15) is 0 Å². The molecule has 0 saturated carbocycles. The molecule has 1 rings (SSSR count). The van der Waals surface area contributed by atoms with E-state index in [1.54, 1.807) is 39.2 Å². The molecule has 0 aromatic heterocycles. The fraction of sp³-hybridized carbons (Fsp3) is 0.636. The van der Waals surface area contributed by atoms with Crippen LogP contribution in [0.2, 0.25) is 0 Å². The van der Waals surface area contributed by atoms with E-state index in [4.69, 9.17) is 14.2 Å². The van der Waals surface area contributed by atoms with Crippen LogP contribution in [0, 0.1) is 0 Å². The molecule has 0 radical (unpaired) electrons. The molecule has 158 valence electrons. The summed E-state index contributed by atoms with van der Waals surface area (Å²) in [4.78, 5) is 25.2. The second kappa shape index (κ2) is 11.7. The van der Waals surface area contributed by atoms with Gasteiger partial charge in [-0.15, -0.1) is 0 Å². The van der Waals surface area contributed by atoms with Crippen molar-refractivity contribution < 1.29 is 23.8 Å². The predicted molar refractivity (Wildman–Crippen MR) is 111 cm³/mol. The lowest BCUT2D eigenvalue weighted by Gasteiger charge is -2.27. The third-order valence-corrected chi connectivity index (χ3v) is 4.82. The van der Waals surface area contributed by atoms with E-state index in [0.29, 0.717) is 23.4 Å². The minimum atomic E-state index is -0.925. The Morgan fingerprint density at radius 3 is 2.46 bits per heavy atom. The summed E-state index contributed by atoms with van der Waals surface area (Å²) in [6.45, 7) is 9.85. The number of unbranched alkanes of at least 4 members (excludes halogenated alkanes) is 2. The number of hydrogen-bond acceptors (Lipinski definition) is 5. The van der Waals surface area contributed by atoms with Crippen molar-refractivity contribution >= 4 is 17.6 Å². The first-order valence-electron chi connectivity index (χ1n) is 10.2. The first-order chi connectivity index (χ1) is 13.3. The number of nitrogens with one attached hydrogen (secondary N) is 1. The Kier molecular flexibility index (Phi) is 10.0. The molecule has 28 heavy (non-hydrogen) atoms. The molecule has 0 bridgehead atoms. The molecule has 1 amide bonds. The number of carbonyl (C=O) groups excluding carboxylic acids is 2. The van der Waals surface area contributed by atoms with E-state index in [2.05, 4.69) is 12.2 Å². The van der Waals surface area contributed by atoms with Gasteiger partial charge >= 0.3 is 5.97 Å². The van der Waals surface area contributed by atoms with Crippen molar-refractivity contribution in [2.24, 2.45) is 0 Å². The molecule has 0 spiro atoms. The van der Waals surface area contributed by atoms with Crippen LogP contribution < -0.4 is 10.1 Å².